The van der Waals surface area contributed by atoms with Gasteiger partial charge in [-0.2, -0.15) is 23.5 Å². The van der Waals surface area contributed by atoms with Crippen LogP contribution >= 0.6 is 23.5 Å². The van der Waals surface area contributed by atoms with Gasteiger partial charge in [0.25, 0.3) is 0 Å². The lowest BCUT2D eigenvalue weighted by Gasteiger charge is -2.37. The number of aromatic amines is 3. The number of fused-ring (bicyclic) bond motifs is 5. The van der Waals surface area contributed by atoms with Crippen LogP contribution in [0.1, 0.15) is 106 Å². The van der Waals surface area contributed by atoms with Crippen molar-refractivity contribution in [3.05, 3.63) is 155 Å². The van der Waals surface area contributed by atoms with Crippen molar-refractivity contribution in [2.24, 2.45) is 17.4 Å². The van der Waals surface area contributed by atoms with Gasteiger partial charge in [0.2, 0.25) is 59.1 Å². The van der Waals surface area contributed by atoms with Crippen molar-refractivity contribution >= 4 is 110 Å². The smallest absolute Gasteiger partial charge is 0.305 e. The Morgan fingerprint density at radius 2 is 1.20 bits per heavy atom. The molecule has 9 rings (SSSR count). The van der Waals surface area contributed by atoms with Crippen molar-refractivity contribution in [3.63, 3.8) is 0 Å². The highest BCUT2D eigenvalue weighted by Gasteiger charge is 2.49. The maximum atomic E-state index is 15.4. The minimum atomic E-state index is -2.06. The summed E-state index contributed by atoms with van der Waals surface area (Å²) in [5.41, 5.74) is 14.1. The number of rotatable bonds is 17. The molecule has 7 aromatic rings. The van der Waals surface area contributed by atoms with E-state index < -0.39 is 143 Å². The van der Waals surface area contributed by atoms with E-state index in [0.29, 0.717) is 70.6 Å². The van der Waals surface area contributed by atoms with E-state index in [0.717, 1.165) is 11.1 Å². The average molecular weight is 1490 g/mol. The van der Waals surface area contributed by atoms with Gasteiger partial charge in [0.15, 0.2) is 0 Å². The predicted molar refractivity (Wildman–Crippen MR) is 390 cm³/mol. The van der Waals surface area contributed by atoms with Crippen LogP contribution in [-0.2, 0) is 89.9 Å². The van der Waals surface area contributed by atoms with Gasteiger partial charge >= 0.3 is 5.97 Å². The summed E-state index contributed by atoms with van der Waals surface area (Å²) in [6, 6.07) is 8.63. The van der Waals surface area contributed by atoms with Crippen molar-refractivity contribution in [1.82, 2.24) is 67.4 Å². The largest absolute Gasteiger partial charge is 0.508 e. The molecule has 9 atom stereocenters. The van der Waals surface area contributed by atoms with Crippen LogP contribution in [0.5, 0.6) is 5.75 Å². The molecule has 1 fully saturated rings. The number of aromatic nitrogens is 4. The van der Waals surface area contributed by atoms with E-state index in [2.05, 4.69) is 62.5 Å². The molecule has 105 heavy (non-hydrogen) atoms. The van der Waals surface area contributed by atoms with Crippen LogP contribution < -0.4 is 54.0 Å². The number of amides is 10. The summed E-state index contributed by atoms with van der Waals surface area (Å²) < 4.78 is 30.1. The van der Waals surface area contributed by atoms with E-state index in [1.54, 1.807) is 13.8 Å². The number of aliphatic carboxylic acids is 1. The van der Waals surface area contributed by atoms with Crippen LogP contribution in [0.4, 0.5) is 8.78 Å². The van der Waals surface area contributed by atoms with Crippen molar-refractivity contribution in [3.8, 4) is 5.75 Å². The summed E-state index contributed by atoms with van der Waals surface area (Å²) in [5.74, 6) is -10.9. The van der Waals surface area contributed by atoms with Crippen molar-refractivity contribution < 1.29 is 71.7 Å². The molecule has 0 aliphatic carbocycles. The number of aromatic hydroxyl groups is 1. The maximum Gasteiger partial charge on any atom is 0.305 e. The highest BCUT2D eigenvalue weighted by molar-refractivity contribution is 7.98. The normalized spacial score (nSPS) is 23.1. The average Bonchev–Trinajstić information content (AvgIpc) is 1.71. The van der Waals surface area contributed by atoms with Gasteiger partial charge in [0.05, 0.1) is 12.7 Å². The fourth-order valence-corrected chi connectivity index (χ4v) is 14.8. The Morgan fingerprint density at radius 3 is 1.77 bits per heavy atom. The lowest BCUT2D eigenvalue weighted by atomic mass is 9.95. The number of unbranched alkanes of at least 4 members (excludes halogenated alkanes) is 1. The minimum Gasteiger partial charge on any atom is -0.508 e. The number of nitrogens with two attached hydrogens (primary N) is 2. The highest BCUT2D eigenvalue weighted by Crippen LogP contribution is 2.32. The van der Waals surface area contributed by atoms with Gasteiger partial charge in [-0.15, -0.1) is 0 Å². The maximum absolute atomic E-state index is 15.4. The van der Waals surface area contributed by atoms with Crippen LogP contribution in [0.25, 0.3) is 21.8 Å². The molecule has 0 spiro atoms. The summed E-state index contributed by atoms with van der Waals surface area (Å²) in [6.45, 7) is 5.42. The Morgan fingerprint density at radius 1 is 0.648 bits per heavy atom. The number of nitrogens with zero attached hydrogens (tertiary/aromatic N) is 2. The quantitative estimate of drug-likeness (QED) is 0.0579. The topological polar surface area (TPSA) is 440 Å². The number of carbonyl (C=O) groups excluding carboxylic acids is 10. The molecule has 32 heteroatoms. The summed E-state index contributed by atoms with van der Waals surface area (Å²) in [5, 5.41) is 42.8. The van der Waals surface area contributed by atoms with Gasteiger partial charge in [0.1, 0.15) is 71.3 Å². The van der Waals surface area contributed by atoms with E-state index in [1.807, 2.05) is 24.3 Å². The number of carbonyl (C=O) groups is 11. The number of primary amides is 1. The van der Waals surface area contributed by atoms with Gasteiger partial charge in [-0.05, 0) is 134 Å². The lowest BCUT2D eigenvalue weighted by Crippen LogP contribution is -2.63. The molecule has 10 amide bonds. The zero-order valence-electron chi connectivity index (χ0n) is 58.3. The van der Waals surface area contributed by atoms with Crippen LogP contribution in [-0.4, -0.2) is 179 Å². The van der Waals surface area contributed by atoms with Crippen LogP contribution in [0.15, 0.2) is 110 Å². The van der Waals surface area contributed by atoms with Crippen LogP contribution in [0, 0.1) is 17.6 Å². The molecule has 2 aliphatic rings. The van der Waals surface area contributed by atoms with Gasteiger partial charge in [0, 0.05) is 108 Å². The minimum absolute atomic E-state index is 0.00420. The number of nitrogens with one attached hydrogen (secondary N) is 11. The molecular formula is C73H89F2N15O13S2. The first-order chi connectivity index (χ1) is 50.2. The number of carboxylic acid groups (broad SMARTS) is 1. The van der Waals surface area contributed by atoms with Crippen LogP contribution in [0.3, 0.4) is 0 Å². The van der Waals surface area contributed by atoms with Crippen molar-refractivity contribution in [2.45, 2.75) is 163 Å². The second-order valence-corrected chi connectivity index (χ2v) is 29.1. The molecule has 0 radical (unpaired) electrons. The number of thioether (sulfide) groups is 2. The molecule has 2 bridgehead atoms. The Balaban J connectivity index is 1.09. The third-order valence-electron chi connectivity index (χ3n) is 18.5. The monoisotopic (exact) mass is 1490 g/mol. The number of carboxylic acids is 1. The predicted octanol–water partition coefficient (Wildman–Crippen LogP) is 3.59. The second-order valence-electron chi connectivity index (χ2n) is 27.0. The zero-order valence-corrected chi connectivity index (χ0v) is 60.0. The number of imidazole rings is 1. The van der Waals surface area contributed by atoms with E-state index in [4.69, 9.17) is 11.5 Å². The molecule has 1 saturated heterocycles. The standard InChI is InChI=1S/C73H89F2N15O13S2/c1-40(2)24-55-66(97)84-56(27-44-33-79-52-17-13-46(74)29-50(44)52)67(98)85-57(28-45-34-80-53-18-14-47(75)30-51(45)53)68(99)87-59(32-63(93)94)70(101)86-58(31-48-35-78-39-81-48)69(100)88-60(26-41-11-15-49(91)16-12-41)71(102)90-22-7-20-73(90,3)72(103)89-61(64(77)95)38-105-37-43-9-6-8-42(25-43)36-104-23-19-62(92)82-54(65(96)83-55)10-4-5-21-76/h6,8-9,11-18,25,29-30,33-35,39-40,54-61,79-80,91H,4-5,7,10,19-24,26-28,31-32,36-38,76H2,1-3H3,(H2,77,95)(H,78,81)(H,82,92)(H,83,96)(H,84,97)(H,85,98)(H,86,101)(H,87,99)(H,88,100)(H,89,103)(H,93,94)/t54-,55+,56+,57-,58-,59-,60-,61-,73-/m0/s1. The number of H-pyrrole nitrogens is 3. The van der Waals surface area contributed by atoms with Crippen LogP contribution in [0.2, 0.25) is 0 Å². The Kier molecular flexibility index (Phi) is 27.7. The number of hydrogen-bond acceptors (Lipinski definition) is 16. The molecule has 5 heterocycles. The zero-order chi connectivity index (χ0) is 75.5. The van der Waals surface area contributed by atoms with E-state index in [-0.39, 0.29) is 85.6 Å². The summed E-state index contributed by atoms with van der Waals surface area (Å²) in [4.78, 5) is 174. The first-order valence-corrected chi connectivity index (χ1v) is 37.0. The number of hydrogen-bond donors (Lipinski definition) is 15. The van der Waals surface area contributed by atoms with Gasteiger partial charge < -0.3 is 84.1 Å². The molecule has 17 N–H and O–H groups in total. The fraction of sp³-hybridized carbons (Fsp3) is 0.425. The second kappa shape index (κ2) is 36.9. The van der Waals surface area contributed by atoms with E-state index in [1.165, 1.54) is 121 Å². The number of phenols is 1. The summed E-state index contributed by atoms with van der Waals surface area (Å²) >= 11 is 2.80. The fourth-order valence-electron chi connectivity index (χ4n) is 12.8. The van der Waals surface area contributed by atoms with Crippen molar-refractivity contribution in [2.75, 3.05) is 24.6 Å². The number of benzene rings is 4. The summed E-state index contributed by atoms with van der Waals surface area (Å²) in [7, 11) is 0. The molecule has 2 aliphatic heterocycles. The Bertz CT molecular complexity index is 4270. The molecule has 0 saturated carbocycles. The molecule has 560 valence electrons. The Hall–Kier alpha value is -10.3. The Labute approximate surface area is 612 Å². The first kappa shape index (κ1) is 78.8. The lowest BCUT2D eigenvalue weighted by molar-refractivity contribution is -0.147. The molecular weight excluding hydrogens is 1400 g/mol. The highest BCUT2D eigenvalue weighted by atomic mass is 32.2. The van der Waals surface area contributed by atoms with Crippen molar-refractivity contribution in [1.29, 1.82) is 0 Å². The number of phenolic OH excluding ortho intramolecular Hbond substituents is 1. The molecule has 3 aromatic heterocycles. The van der Waals surface area contributed by atoms with Gasteiger partial charge in [-0.1, -0.05) is 50.2 Å². The number of halogens is 2. The van der Waals surface area contributed by atoms with Gasteiger partial charge in [-0.3, -0.25) is 52.7 Å². The molecule has 0 unspecified atom stereocenters. The SMILES string of the molecule is CC(C)C[C@H]1NC(=O)[C@H](CCCCN)NC(=O)CCSCc2cccc(c2)CSC[C@@H](C(N)=O)NC(=O)[C@]2(C)CCCN2C(=O)[C@H](Cc2ccc(O)cc2)NC(=O)[C@H](Cc2cnc[nH]2)NC(=O)[C@H](CC(=O)O)NC(=O)[C@H](Cc2c[nH]c3ccc(F)cc23)NC(=O)[C@@H](Cc2c[nH]c3ccc(F)cc23)NC1=O. The van der Waals surface area contributed by atoms with E-state index >= 15 is 32.8 Å². The summed E-state index contributed by atoms with van der Waals surface area (Å²) in [6.07, 6.45) is 4.44. The van der Waals surface area contributed by atoms with Gasteiger partial charge in [-0.25, -0.2) is 13.8 Å². The molecule has 4 aromatic carbocycles. The molecule has 28 nitrogen and oxygen atoms in total. The third kappa shape index (κ3) is 21.9. The first-order valence-electron chi connectivity index (χ1n) is 34.7. The third-order valence-corrected chi connectivity index (χ3v) is 20.6. The van der Waals surface area contributed by atoms with E-state index in [9.17, 15) is 39.0 Å².